The molecule has 0 saturated carbocycles. The highest BCUT2D eigenvalue weighted by Gasteiger charge is 2.01. The van der Waals surface area contributed by atoms with Crippen molar-refractivity contribution >= 4 is 0 Å². The highest BCUT2D eigenvalue weighted by molar-refractivity contribution is 5.66. The summed E-state index contributed by atoms with van der Waals surface area (Å²) in [5, 5.41) is 8.98. The molecule has 0 aliphatic carbocycles. The van der Waals surface area contributed by atoms with Crippen molar-refractivity contribution in [2.45, 2.75) is 13.8 Å². The van der Waals surface area contributed by atoms with Crippen LogP contribution in [-0.4, -0.2) is 0 Å². The van der Waals surface area contributed by atoms with E-state index in [1.165, 1.54) is 5.56 Å². The Bertz CT molecular complexity index is 545. The van der Waals surface area contributed by atoms with Gasteiger partial charge in [-0.25, -0.2) is 0 Å². The van der Waals surface area contributed by atoms with Crippen LogP contribution in [-0.2, 0) is 0 Å². The molecule has 0 heterocycles. The van der Waals surface area contributed by atoms with Gasteiger partial charge in [0.1, 0.15) is 0 Å². The van der Waals surface area contributed by atoms with Gasteiger partial charge in [0.05, 0.1) is 11.6 Å². The normalized spacial score (nSPS) is 9.81. The van der Waals surface area contributed by atoms with Crippen LogP contribution in [0.3, 0.4) is 0 Å². The van der Waals surface area contributed by atoms with E-state index in [0.29, 0.717) is 0 Å². The monoisotopic (exact) mass is 207 g/mol. The number of hydrogen-bond donors (Lipinski definition) is 0. The predicted octanol–water partition coefficient (Wildman–Crippen LogP) is 3.84. The summed E-state index contributed by atoms with van der Waals surface area (Å²) >= 11 is 0. The molecule has 0 radical (unpaired) electrons. The fourth-order valence-corrected chi connectivity index (χ4v) is 1.67. The second-order valence-corrected chi connectivity index (χ2v) is 4.01. The van der Waals surface area contributed by atoms with E-state index < -0.39 is 0 Å². The van der Waals surface area contributed by atoms with E-state index in [2.05, 4.69) is 43.3 Å². The number of benzene rings is 2. The third-order valence-electron chi connectivity index (χ3n) is 2.74. The molecule has 0 aliphatic rings. The van der Waals surface area contributed by atoms with Gasteiger partial charge in [-0.15, -0.1) is 0 Å². The van der Waals surface area contributed by atoms with Crippen molar-refractivity contribution < 1.29 is 0 Å². The molecule has 78 valence electrons. The standard InChI is InChI=1S/C15H13N/c1-11-3-6-13(7-4-11)14-8-5-12(2)15(9-14)10-16/h3-9H,1-2H3. The first kappa shape index (κ1) is 10.4. The van der Waals surface area contributed by atoms with Crippen LogP contribution in [0, 0.1) is 25.2 Å². The van der Waals surface area contributed by atoms with Crippen molar-refractivity contribution in [1.29, 1.82) is 5.26 Å². The lowest BCUT2D eigenvalue weighted by Crippen LogP contribution is -1.84. The SMILES string of the molecule is Cc1ccc(-c2ccc(C)c(C#N)c2)cc1. The minimum absolute atomic E-state index is 0.748. The molecule has 2 aromatic rings. The molecule has 1 heteroatoms. The molecule has 2 aromatic carbocycles. The van der Waals surface area contributed by atoms with Gasteiger partial charge in [0.15, 0.2) is 0 Å². The highest BCUT2D eigenvalue weighted by Crippen LogP contribution is 2.22. The third-order valence-corrected chi connectivity index (χ3v) is 2.74. The molecule has 16 heavy (non-hydrogen) atoms. The van der Waals surface area contributed by atoms with E-state index in [9.17, 15) is 0 Å². The topological polar surface area (TPSA) is 23.8 Å². The minimum atomic E-state index is 0.748. The van der Waals surface area contributed by atoms with Gasteiger partial charge in [-0.1, -0.05) is 42.0 Å². The lowest BCUT2D eigenvalue weighted by Gasteiger charge is -2.04. The van der Waals surface area contributed by atoms with Crippen LogP contribution in [0.25, 0.3) is 11.1 Å². The number of rotatable bonds is 1. The van der Waals surface area contributed by atoms with Crippen LogP contribution in [0.2, 0.25) is 0 Å². The minimum Gasteiger partial charge on any atom is -0.192 e. The Kier molecular flexibility index (Phi) is 2.74. The van der Waals surface area contributed by atoms with Crippen LogP contribution in [0.15, 0.2) is 42.5 Å². The molecular formula is C15H13N. The van der Waals surface area contributed by atoms with Crippen LogP contribution >= 0.6 is 0 Å². The van der Waals surface area contributed by atoms with Gasteiger partial charge in [-0.2, -0.15) is 5.26 Å². The van der Waals surface area contributed by atoms with Crippen molar-refractivity contribution in [3.8, 4) is 17.2 Å². The molecule has 0 unspecified atom stereocenters. The fraction of sp³-hybridized carbons (Fsp3) is 0.133. The van der Waals surface area contributed by atoms with E-state index >= 15 is 0 Å². The van der Waals surface area contributed by atoms with Gasteiger partial charge in [0.25, 0.3) is 0 Å². The molecule has 0 amide bonds. The summed E-state index contributed by atoms with van der Waals surface area (Å²) < 4.78 is 0. The first-order chi connectivity index (χ1) is 7.70. The smallest absolute Gasteiger partial charge is 0.0994 e. The van der Waals surface area contributed by atoms with Crippen molar-refractivity contribution in [3.05, 3.63) is 59.2 Å². The largest absolute Gasteiger partial charge is 0.192 e. The number of aryl methyl sites for hydroxylation is 2. The molecule has 0 saturated heterocycles. The zero-order valence-corrected chi connectivity index (χ0v) is 9.49. The van der Waals surface area contributed by atoms with E-state index in [0.717, 1.165) is 22.3 Å². The van der Waals surface area contributed by atoms with Crippen LogP contribution in [0.1, 0.15) is 16.7 Å². The Balaban J connectivity index is 2.49. The summed E-state index contributed by atoms with van der Waals surface area (Å²) in [4.78, 5) is 0. The molecule has 0 spiro atoms. The number of nitriles is 1. The van der Waals surface area contributed by atoms with E-state index in [1.54, 1.807) is 0 Å². The van der Waals surface area contributed by atoms with Crippen molar-refractivity contribution in [3.63, 3.8) is 0 Å². The van der Waals surface area contributed by atoms with Crippen LogP contribution < -0.4 is 0 Å². The van der Waals surface area contributed by atoms with Crippen LogP contribution in [0.5, 0.6) is 0 Å². The quantitative estimate of drug-likeness (QED) is 0.697. The molecule has 0 atom stereocenters. The Labute approximate surface area is 96.0 Å². The maximum atomic E-state index is 8.98. The molecule has 1 nitrogen and oxygen atoms in total. The van der Waals surface area contributed by atoms with Crippen molar-refractivity contribution in [2.24, 2.45) is 0 Å². The first-order valence-corrected chi connectivity index (χ1v) is 5.28. The average molecular weight is 207 g/mol. The second kappa shape index (κ2) is 4.20. The van der Waals surface area contributed by atoms with E-state index in [-0.39, 0.29) is 0 Å². The fourth-order valence-electron chi connectivity index (χ4n) is 1.67. The van der Waals surface area contributed by atoms with E-state index in [4.69, 9.17) is 5.26 Å². The summed E-state index contributed by atoms with van der Waals surface area (Å²) in [7, 11) is 0. The molecule has 0 fully saturated rings. The zero-order valence-electron chi connectivity index (χ0n) is 9.49. The Morgan fingerprint density at radius 3 is 2.12 bits per heavy atom. The molecule has 0 aliphatic heterocycles. The van der Waals surface area contributed by atoms with Gasteiger partial charge in [-0.05, 0) is 36.6 Å². The van der Waals surface area contributed by atoms with Gasteiger partial charge in [0, 0.05) is 0 Å². The lowest BCUT2D eigenvalue weighted by atomic mass is 10.00. The summed E-state index contributed by atoms with van der Waals surface area (Å²) in [5.41, 5.74) is 5.28. The summed E-state index contributed by atoms with van der Waals surface area (Å²) in [6.45, 7) is 4.02. The molecule has 0 bridgehead atoms. The van der Waals surface area contributed by atoms with Crippen molar-refractivity contribution in [1.82, 2.24) is 0 Å². The highest BCUT2D eigenvalue weighted by atomic mass is 14.2. The molecule has 0 aromatic heterocycles. The van der Waals surface area contributed by atoms with Crippen LogP contribution in [0.4, 0.5) is 0 Å². The molecule has 2 rings (SSSR count). The second-order valence-electron chi connectivity index (χ2n) is 4.01. The summed E-state index contributed by atoms with van der Waals surface area (Å²) in [6, 6.07) is 16.5. The molecular weight excluding hydrogens is 194 g/mol. The Morgan fingerprint density at radius 1 is 0.875 bits per heavy atom. The maximum Gasteiger partial charge on any atom is 0.0994 e. The number of nitrogens with zero attached hydrogens (tertiary/aromatic N) is 1. The van der Waals surface area contributed by atoms with Crippen molar-refractivity contribution in [2.75, 3.05) is 0 Å². The lowest BCUT2D eigenvalue weighted by molar-refractivity contribution is 1.39. The first-order valence-electron chi connectivity index (χ1n) is 5.28. The zero-order chi connectivity index (χ0) is 11.5. The third kappa shape index (κ3) is 1.97. The van der Waals surface area contributed by atoms with Gasteiger partial charge in [-0.3, -0.25) is 0 Å². The maximum absolute atomic E-state index is 8.98. The van der Waals surface area contributed by atoms with Gasteiger partial charge < -0.3 is 0 Å². The van der Waals surface area contributed by atoms with Gasteiger partial charge >= 0.3 is 0 Å². The Hall–Kier alpha value is -2.07. The summed E-state index contributed by atoms with van der Waals surface area (Å²) in [6.07, 6.45) is 0. The predicted molar refractivity (Wildman–Crippen MR) is 66.1 cm³/mol. The average Bonchev–Trinajstić information content (AvgIpc) is 2.31. The Morgan fingerprint density at radius 2 is 1.50 bits per heavy atom. The molecule has 0 N–H and O–H groups in total. The van der Waals surface area contributed by atoms with E-state index in [1.807, 2.05) is 19.1 Å². The summed E-state index contributed by atoms with van der Waals surface area (Å²) in [5.74, 6) is 0. The van der Waals surface area contributed by atoms with Gasteiger partial charge in [0.2, 0.25) is 0 Å². The number of hydrogen-bond acceptors (Lipinski definition) is 1.